The maximum absolute atomic E-state index is 14.0. The zero-order valence-electron chi connectivity index (χ0n) is 9.96. The third-order valence-corrected chi connectivity index (χ3v) is 3.33. The van der Waals surface area contributed by atoms with Gasteiger partial charge in [0, 0.05) is 7.11 Å². The van der Waals surface area contributed by atoms with Crippen molar-refractivity contribution in [1.82, 2.24) is 0 Å². The summed E-state index contributed by atoms with van der Waals surface area (Å²) in [5.74, 6) is -1.50. The molecule has 17 heavy (non-hydrogen) atoms. The van der Waals surface area contributed by atoms with Gasteiger partial charge in [-0.2, -0.15) is 0 Å². The van der Waals surface area contributed by atoms with Crippen LogP contribution in [0.2, 0.25) is 0 Å². The molecule has 2 nitrogen and oxygen atoms in total. The Hall–Kier alpha value is -1.00. The summed E-state index contributed by atoms with van der Waals surface area (Å²) in [6.07, 6.45) is 1.54. The van der Waals surface area contributed by atoms with Crippen molar-refractivity contribution in [2.75, 3.05) is 13.7 Å². The second-order valence-electron chi connectivity index (χ2n) is 4.68. The van der Waals surface area contributed by atoms with Crippen molar-refractivity contribution in [3.05, 3.63) is 34.9 Å². The summed E-state index contributed by atoms with van der Waals surface area (Å²) < 4.78 is 32.7. The van der Waals surface area contributed by atoms with E-state index in [0.717, 1.165) is 12.8 Å². The van der Waals surface area contributed by atoms with Crippen molar-refractivity contribution < 1.29 is 18.6 Å². The molecule has 0 bridgehead atoms. The van der Waals surface area contributed by atoms with Gasteiger partial charge in [0.05, 0.1) is 12.2 Å². The number of methoxy groups -OCH3 is 1. The SMILES string of the molecule is COCC(O)(c1c(F)ccc(C)c1F)C1CC1. The minimum absolute atomic E-state index is 0.0883. The van der Waals surface area contributed by atoms with E-state index in [-0.39, 0.29) is 18.1 Å². The van der Waals surface area contributed by atoms with E-state index in [4.69, 9.17) is 4.74 Å². The number of hydrogen-bond donors (Lipinski definition) is 1. The molecule has 1 aromatic carbocycles. The van der Waals surface area contributed by atoms with Crippen molar-refractivity contribution in [3.63, 3.8) is 0 Å². The molecule has 1 aliphatic rings. The molecule has 94 valence electrons. The van der Waals surface area contributed by atoms with Crippen molar-refractivity contribution in [3.8, 4) is 0 Å². The van der Waals surface area contributed by atoms with Gasteiger partial charge in [0.2, 0.25) is 0 Å². The van der Waals surface area contributed by atoms with Gasteiger partial charge in [-0.15, -0.1) is 0 Å². The summed E-state index contributed by atoms with van der Waals surface area (Å²) >= 11 is 0. The molecule has 0 radical (unpaired) electrons. The van der Waals surface area contributed by atoms with Crippen LogP contribution in [0.3, 0.4) is 0 Å². The van der Waals surface area contributed by atoms with Crippen molar-refractivity contribution in [1.29, 1.82) is 0 Å². The molecular formula is C13H16F2O2. The minimum Gasteiger partial charge on any atom is -0.382 e. The molecule has 1 saturated carbocycles. The van der Waals surface area contributed by atoms with Gasteiger partial charge >= 0.3 is 0 Å². The summed E-state index contributed by atoms with van der Waals surface area (Å²) in [5.41, 5.74) is -1.46. The molecule has 0 saturated heterocycles. The van der Waals surface area contributed by atoms with Crippen LogP contribution in [0.5, 0.6) is 0 Å². The van der Waals surface area contributed by atoms with Crippen LogP contribution in [-0.4, -0.2) is 18.8 Å². The fraction of sp³-hybridized carbons (Fsp3) is 0.538. The maximum Gasteiger partial charge on any atom is 0.135 e. The predicted molar refractivity (Wildman–Crippen MR) is 59.6 cm³/mol. The normalized spacial score (nSPS) is 19.1. The van der Waals surface area contributed by atoms with E-state index in [1.54, 1.807) is 6.92 Å². The van der Waals surface area contributed by atoms with E-state index >= 15 is 0 Å². The molecule has 0 spiro atoms. The van der Waals surface area contributed by atoms with Gasteiger partial charge in [0.1, 0.15) is 17.2 Å². The lowest BCUT2D eigenvalue weighted by molar-refractivity contribution is -0.0581. The highest BCUT2D eigenvalue weighted by Crippen LogP contribution is 2.47. The Morgan fingerprint density at radius 3 is 2.59 bits per heavy atom. The second-order valence-corrected chi connectivity index (χ2v) is 4.68. The topological polar surface area (TPSA) is 29.5 Å². The van der Waals surface area contributed by atoms with Crippen LogP contribution >= 0.6 is 0 Å². The van der Waals surface area contributed by atoms with Crippen LogP contribution < -0.4 is 0 Å². The fourth-order valence-electron chi connectivity index (χ4n) is 2.23. The van der Waals surface area contributed by atoms with Crippen molar-refractivity contribution in [2.24, 2.45) is 5.92 Å². The molecule has 0 aromatic heterocycles. The Bertz CT molecular complexity index is 430. The highest BCUT2D eigenvalue weighted by molar-refractivity contribution is 5.33. The molecule has 1 atom stereocenters. The number of hydrogen-bond acceptors (Lipinski definition) is 2. The highest BCUT2D eigenvalue weighted by atomic mass is 19.1. The Morgan fingerprint density at radius 2 is 2.06 bits per heavy atom. The number of benzene rings is 1. The van der Waals surface area contributed by atoms with E-state index in [1.807, 2.05) is 0 Å². The van der Waals surface area contributed by atoms with Gasteiger partial charge in [-0.25, -0.2) is 8.78 Å². The summed E-state index contributed by atoms with van der Waals surface area (Å²) in [6.45, 7) is 1.47. The van der Waals surface area contributed by atoms with Gasteiger partial charge in [-0.3, -0.25) is 0 Å². The molecule has 4 heteroatoms. The molecule has 1 N–H and O–H groups in total. The van der Waals surface area contributed by atoms with Crippen LogP contribution in [-0.2, 0) is 10.3 Å². The smallest absolute Gasteiger partial charge is 0.135 e. The van der Waals surface area contributed by atoms with Crippen molar-refractivity contribution >= 4 is 0 Å². The first-order valence-electron chi connectivity index (χ1n) is 5.67. The molecule has 0 aliphatic heterocycles. The quantitative estimate of drug-likeness (QED) is 0.879. The van der Waals surface area contributed by atoms with Gasteiger partial charge in [-0.1, -0.05) is 6.07 Å². The zero-order chi connectivity index (χ0) is 12.6. The summed E-state index contributed by atoms with van der Waals surface area (Å²) in [4.78, 5) is 0. The van der Waals surface area contributed by atoms with E-state index in [9.17, 15) is 13.9 Å². The number of halogens is 2. The Balaban J connectivity index is 2.52. The predicted octanol–water partition coefficient (Wildman–Crippen LogP) is 2.52. The lowest BCUT2D eigenvalue weighted by atomic mass is 9.87. The maximum atomic E-state index is 14.0. The van der Waals surface area contributed by atoms with E-state index in [2.05, 4.69) is 0 Å². The number of aliphatic hydroxyl groups is 1. The number of aryl methyl sites for hydroxylation is 1. The van der Waals surface area contributed by atoms with Crippen LogP contribution in [0.4, 0.5) is 8.78 Å². The van der Waals surface area contributed by atoms with E-state index in [0.29, 0.717) is 5.56 Å². The summed E-state index contributed by atoms with van der Waals surface area (Å²) in [6, 6.07) is 2.56. The Morgan fingerprint density at radius 1 is 1.41 bits per heavy atom. The molecule has 2 rings (SSSR count). The molecule has 1 aliphatic carbocycles. The number of ether oxygens (including phenoxy) is 1. The van der Waals surface area contributed by atoms with E-state index < -0.39 is 17.2 Å². The van der Waals surface area contributed by atoms with Gasteiger partial charge in [0.15, 0.2) is 0 Å². The average molecular weight is 242 g/mol. The molecule has 0 amide bonds. The molecule has 0 heterocycles. The van der Waals surface area contributed by atoms with Crippen LogP contribution in [0.25, 0.3) is 0 Å². The second kappa shape index (κ2) is 4.35. The summed E-state index contributed by atoms with van der Waals surface area (Å²) in [7, 11) is 1.42. The molecule has 1 fully saturated rings. The third-order valence-electron chi connectivity index (χ3n) is 3.33. The number of rotatable bonds is 4. The Labute approximate surface area is 99.2 Å². The zero-order valence-corrected chi connectivity index (χ0v) is 9.96. The monoisotopic (exact) mass is 242 g/mol. The van der Waals surface area contributed by atoms with Gasteiger partial charge < -0.3 is 9.84 Å². The lowest BCUT2D eigenvalue weighted by Gasteiger charge is -2.29. The molecule has 1 aromatic rings. The van der Waals surface area contributed by atoms with Gasteiger partial charge in [-0.05, 0) is 37.3 Å². The van der Waals surface area contributed by atoms with Crippen molar-refractivity contribution in [2.45, 2.75) is 25.4 Å². The standard InChI is InChI=1S/C13H16F2O2/c1-8-3-6-10(14)11(12(8)15)13(16,7-17-2)9-4-5-9/h3,6,9,16H,4-5,7H2,1-2H3. The average Bonchev–Trinajstić information content (AvgIpc) is 3.08. The van der Waals surface area contributed by atoms with Gasteiger partial charge in [0.25, 0.3) is 0 Å². The first-order chi connectivity index (χ1) is 8.00. The van der Waals surface area contributed by atoms with Crippen LogP contribution in [0.15, 0.2) is 12.1 Å². The first kappa shape index (κ1) is 12.5. The first-order valence-corrected chi connectivity index (χ1v) is 5.67. The lowest BCUT2D eigenvalue weighted by Crippen LogP contribution is -2.36. The van der Waals surface area contributed by atoms with E-state index in [1.165, 1.54) is 19.2 Å². The van der Waals surface area contributed by atoms with Crippen LogP contribution in [0.1, 0.15) is 24.0 Å². The highest BCUT2D eigenvalue weighted by Gasteiger charge is 2.48. The molecule has 1 unspecified atom stereocenters. The van der Waals surface area contributed by atoms with Crippen LogP contribution in [0, 0.1) is 24.5 Å². The summed E-state index contributed by atoms with van der Waals surface area (Å²) in [5, 5.41) is 10.5. The fourth-order valence-corrected chi connectivity index (χ4v) is 2.23. The third kappa shape index (κ3) is 2.07. The molecular weight excluding hydrogens is 226 g/mol. The Kier molecular flexibility index (Phi) is 3.19. The largest absolute Gasteiger partial charge is 0.382 e. The minimum atomic E-state index is -1.55.